The van der Waals surface area contributed by atoms with E-state index in [1.165, 1.54) is 12.1 Å². The van der Waals surface area contributed by atoms with E-state index in [1.807, 2.05) is 17.8 Å². The molecule has 2 rings (SSSR count). The van der Waals surface area contributed by atoms with E-state index in [9.17, 15) is 8.42 Å². The van der Waals surface area contributed by atoms with Gasteiger partial charge in [-0.3, -0.25) is 0 Å². The van der Waals surface area contributed by atoms with E-state index < -0.39 is 10.0 Å². The number of nitrogens with zero attached hydrogens (tertiary/aromatic N) is 2. The zero-order valence-corrected chi connectivity index (χ0v) is 9.48. The second kappa shape index (κ2) is 3.73. The van der Waals surface area contributed by atoms with Crippen molar-refractivity contribution in [3.63, 3.8) is 0 Å². The Labute approximate surface area is 93.6 Å². The standard InChI is InChI=1S/C10H11N3O2S/c1-13-7-6-12-10(13)8-2-4-9(5-3-8)16(11,14)15/h2-7H,1H3,(H2,11,14,15). The van der Waals surface area contributed by atoms with E-state index in [-0.39, 0.29) is 4.90 Å². The minimum absolute atomic E-state index is 0.102. The van der Waals surface area contributed by atoms with Gasteiger partial charge in [0.25, 0.3) is 0 Å². The van der Waals surface area contributed by atoms with Crippen LogP contribution in [0.2, 0.25) is 0 Å². The summed E-state index contributed by atoms with van der Waals surface area (Å²) < 4.78 is 24.0. The van der Waals surface area contributed by atoms with Crippen molar-refractivity contribution in [3.8, 4) is 11.4 Å². The number of sulfonamides is 1. The first kappa shape index (κ1) is 10.8. The molecule has 0 unspecified atom stereocenters. The van der Waals surface area contributed by atoms with Gasteiger partial charge >= 0.3 is 0 Å². The molecule has 0 aliphatic heterocycles. The minimum atomic E-state index is -3.63. The van der Waals surface area contributed by atoms with Crippen molar-refractivity contribution >= 4 is 10.0 Å². The van der Waals surface area contributed by atoms with Gasteiger partial charge < -0.3 is 4.57 Å². The van der Waals surface area contributed by atoms with Crippen LogP contribution in [0.4, 0.5) is 0 Å². The molecule has 0 radical (unpaired) electrons. The van der Waals surface area contributed by atoms with E-state index in [4.69, 9.17) is 5.14 Å². The van der Waals surface area contributed by atoms with Gasteiger partial charge in [0.1, 0.15) is 5.82 Å². The SMILES string of the molecule is Cn1ccnc1-c1ccc(S(N)(=O)=O)cc1. The summed E-state index contributed by atoms with van der Waals surface area (Å²) in [5.41, 5.74) is 0.847. The number of primary sulfonamides is 1. The van der Waals surface area contributed by atoms with Gasteiger partial charge in [0, 0.05) is 25.0 Å². The zero-order valence-electron chi connectivity index (χ0n) is 8.66. The molecule has 2 aromatic rings. The van der Waals surface area contributed by atoms with E-state index in [1.54, 1.807) is 18.3 Å². The molecule has 0 saturated carbocycles. The number of benzene rings is 1. The van der Waals surface area contributed by atoms with Crippen LogP contribution in [0, 0.1) is 0 Å². The van der Waals surface area contributed by atoms with Crippen LogP contribution in [-0.4, -0.2) is 18.0 Å². The van der Waals surface area contributed by atoms with Crippen molar-refractivity contribution in [1.29, 1.82) is 0 Å². The number of hydrogen-bond acceptors (Lipinski definition) is 3. The molecule has 2 N–H and O–H groups in total. The fraction of sp³-hybridized carbons (Fsp3) is 0.100. The second-order valence-corrected chi connectivity index (χ2v) is 4.99. The van der Waals surface area contributed by atoms with E-state index in [0.29, 0.717) is 0 Å². The summed E-state index contributed by atoms with van der Waals surface area (Å²) in [5, 5.41) is 5.01. The zero-order chi connectivity index (χ0) is 11.8. The second-order valence-electron chi connectivity index (χ2n) is 3.43. The van der Waals surface area contributed by atoms with Gasteiger partial charge in [-0.15, -0.1) is 0 Å². The lowest BCUT2D eigenvalue weighted by atomic mass is 10.2. The Bertz CT molecular complexity index is 599. The first-order valence-electron chi connectivity index (χ1n) is 4.59. The molecule has 5 nitrogen and oxygen atoms in total. The quantitative estimate of drug-likeness (QED) is 0.836. The third-order valence-corrected chi connectivity index (χ3v) is 3.19. The topological polar surface area (TPSA) is 78.0 Å². The lowest BCUT2D eigenvalue weighted by Gasteiger charge is -2.02. The number of imidazole rings is 1. The van der Waals surface area contributed by atoms with Crippen LogP contribution in [-0.2, 0) is 17.1 Å². The third-order valence-electron chi connectivity index (χ3n) is 2.26. The summed E-state index contributed by atoms with van der Waals surface area (Å²) in [6.07, 6.45) is 3.51. The molecule has 1 aromatic heterocycles. The Morgan fingerprint density at radius 1 is 1.25 bits per heavy atom. The molecule has 0 bridgehead atoms. The molecular formula is C10H11N3O2S. The van der Waals surface area contributed by atoms with E-state index in [2.05, 4.69) is 4.98 Å². The summed E-state index contributed by atoms with van der Waals surface area (Å²) in [6, 6.07) is 6.31. The van der Waals surface area contributed by atoms with Gasteiger partial charge in [0.15, 0.2) is 0 Å². The molecule has 0 atom stereocenters. The molecule has 0 aliphatic carbocycles. The van der Waals surface area contributed by atoms with Crippen LogP contribution in [0.15, 0.2) is 41.6 Å². The summed E-state index contributed by atoms with van der Waals surface area (Å²) in [4.78, 5) is 4.26. The fourth-order valence-corrected chi connectivity index (χ4v) is 1.95. The van der Waals surface area contributed by atoms with Crippen LogP contribution in [0.5, 0.6) is 0 Å². The summed E-state index contributed by atoms with van der Waals surface area (Å²) in [5.74, 6) is 0.779. The molecule has 1 heterocycles. The predicted molar refractivity (Wildman–Crippen MR) is 60.0 cm³/mol. The number of hydrogen-bond donors (Lipinski definition) is 1. The number of nitrogens with two attached hydrogens (primary N) is 1. The summed E-state index contributed by atoms with van der Waals surface area (Å²) >= 11 is 0. The van der Waals surface area contributed by atoms with E-state index in [0.717, 1.165) is 11.4 Å². The smallest absolute Gasteiger partial charge is 0.238 e. The van der Waals surface area contributed by atoms with Crippen molar-refractivity contribution in [1.82, 2.24) is 9.55 Å². The molecule has 0 aliphatic rings. The molecular weight excluding hydrogens is 226 g/mol. The summed E-state index contributed by atoms with van der Waals surface area (Å²) in [6.45, 7) is 0. The van der Waals surface area contributed by atoms with Gasteiger partial charge in [-0.25, -0.2) is 18.5 Å². The molecule has 0 amide bonds. The van der Waals surface area contributed by atoms with Crippen molar-refractivity contribution in [3.05, 3.63) is 36.7 Å². The first-order chi connectivity index (χ1) is 7.48. The summed E-state index contributed by atoms with van der Waals surface area (Å²) in [7, 11) is -1.75. The highest BCUT2D eigenvalue weighted by Gasteiger charge is 2.08. The van der Waals surface area contributed by atoms with Gasteiger partial charge in [-0.2, -0.15) is 0 Å². The van der Waals surface area contributed by atoms with Crippen LogP contribution in [0.3, 0.4) is 0 Å². The number of rotatable bonds is 2. The Morgan fingerprint density at radius 3 is 2.31 bits per heavy atom. The fourth-order valence-electron chi connectivity index (χ4n) is 1.44. The van der Waals surface area contributed by atoms with Crippen molar-refractivity contribution < 1.29 is 8.42 Å². The van der Waals surface area contributed by atoms with Gasteiger partial charge in [0.05, 0.1) is 4.90 Å². The minimum Gasteiger partial charge on any atom is -0.334 e. The van der Waals surface area contributed by atoms with E-state index >= 15 is 0 Å². The molecule has 0 saturated heterocycles. The van der Waals surface area contributed by atoms with Crippen LogP contribution < -0.4 is 5.14 Å². The third kappa shape index (κ3) is 1.98. The molecule has 0 fully saturated rings. The van der Waals surface area contributed by atoms with Gasteiger partial charge in [0.2, 0.25) is 10.0 Å². The highest BCUT2D eigenvalue weighted by Crippen LogP contribution is 2.18. The largest absolute Gasteiger partial charge is 0.334 e. The average molecular weight is 237 g/mol. The maximum Gasteiger partial charge on any atom is 0.238 e. The number of aromatic nitrogens is 2. The van der Waals surface area contributed by atoms with Crippen molar-refractivity contribution in [2.24, 2.45) is 12.2 Å². The first-order valence-corrected chi connectivity index (χ1v) is 6.14. The van der Waals surface area contributed by atoms with Gasteiger partial charge in [-0.1, -0.05) is 0 Å². The normalized spacial score (nSPS) is 11.6. The molecule has 6 heteroatoms. The Kier molecular flexibility index (Phi) is 2.53. The lowest BCUT2D eigenvalue weighted by molar-refractivity contribution is 0.598. The molecule has 16 heavy (non-hydrogen) atoms. The van der Waals surface area contributed by atoms with Crippen molar-refractivity contribution in [2.45, 2.75) is 4.90 Å². The maximum atomic E-state index is 11.1. The van der Waals surface area contributed by atoms with Gasteiger partial charge in [-0.05, 0) is 24.3 Å². The lowest BCUT2D eigenvalue weighted by Crippen LogP contribution is -2.11. The van der Waals surface area contributed by atoms with Crippen LogP contribution in [0.1, 0.15) is 0 Å². The predicted octanol–water partition coefficient (Wildman–Crippen LogP) is 0.735. The number of aryl methyl sites for hydroxylation is 1. The van der Waals surface area contributed by atoms with Crippen molar-refractivity contribution in [2.75, 3.05) is 0 Å². The monoisotopic (exact) mass is 237 g/mol. The van der Waals surface area contributed by atoms with Crippen LogP contribution in [0.25, 0.3) is 11.4 Å². The Balaban J connectivity index is 2.45. The maximum absolute atomic E-state index is 11.1. The molecule has 84 valence electrons. The molecule has 1 aromatic carbocycles. The highest BCUT2D eigenvalue weighted by molar-refractivity contribution is 7.89. The highest BCUT2D eigenvalue weighted by atomic mass is 32.2. The Hall–Kier alpha value is -1.66. The van der Waals surface area contributed by atoms with Crippen LogP contribution >= 0.6 is 0 Å². The average Bonchev–Trinajstić information content (AvgIpc) is 2.63. The molecule has 0 spiro atoms. The Morgan fingerprint density at radius 2 is 1.88 bits per heavy atom.